The van der Waals surface area contributed by atoms with E-state index in [1.807, 2.05) is 48.2 Å². The van der Waals surface area contributed by atoms with Crippen LogP contribution in [0.25, 0.3) is 0 Å². The molecule has 1 atom stereocenters. The normalized spacial score (nSPS) is 16.7. The van der Waals surface area contributed by atoms with Crippen LogP contribution in [0.15, 0.2) is 42.6 Å². The number of amides is 1. The first-order valence-electron chi connectivity index (χ1n) is 8.57. The monoisotopic (exact) mass is 373 g/mol. The molecule has 0 aliphatic carbocycles. The van der Waals surface area contributed by atoms with Crippen LogP contribution in [0.1, 0.15) is 12.0 Å². The summed E-state index contributed by atoms with van der Waals surface area (Å²) < 4.78 is 10.9. The van der Waals surface area contributed by atoms with Crippen molar-refractivity contribution in [3.8, 4) is 17.4 Å². The van der Waals surface area contributed by atoms with E-state index in [0.29, 0.717) is 24.6 Å². The van der Waals surface area contributed by atoms with Gasteiger partial charge in [0.25, 0.3) is 0 Å². The van der Waals surface area contributed by atoms with Gasteiger partial charge in [-0.2, -0.15) is 11.8 Å². The molecule has 1 saturated heterocycles. The molecular formula is C19H23N3O3S. The standard InChI is InChI=1S/C19H23N3O3S/c1-24-16-2-4-17(5-3-16)25-19-10-14(6-7-21-19)12-22-18(23)11-15-13-26-9-8-20-15/h2-7,10,15,20H,8-9,11-13H2,1H3,(H,22,23). The minimum absolute atomic E-state index is 0.0550. The molecule has 1 aromatic heterocycles. The van der Waals surface area contributed by atoms with Crippen molar-refractivity contribution in [1.82, 2.24) is 15.6 Å². The number of nitrogens with zero attached hydrogens (tertiary/aromatic N) is 1. The lowest BCUT2D eigenvalue weighted by Crippen LogP contribution is -2.41. The summed E-state index contributed by atoms with van der Waals surface area (Å²) in [4.78, 5) is 16.3. The third-order valence-corrected chi connectivity index (χ3v) is 5.13. The van der Waals surface area contributed by atoms with Gasteiger partial charge in [0.05, 0.1) is 7.11 Å². The fourth-order valence-corrected chi connectivity index (χ4v) is 3.58. The van der Waals surface area contributed by atoms with Gasteiger partial charge >= 0.3 is 0 Å². The first kappa shape index (κ1) is 18.5. The number of carbonyl (C=O) groups is 1. The maximum absolute atomic E-state index is 12.1. The van der Waals surface area contributed by atoms with Gasteiger partial charge in [-0.15, -0.1) is 0 Å². The van der Waals surface area contributed by atoms with Gasteiger partial charge in [0.2, 0.25) is 11.8 Å². The van der Waals surface area contributed by atoms with Gasteiger partial charge in [0.1, 0.15) is 11.5 Å². The van der Waals surface area contributed by atoms with Crippen molar-refractivity contribution in [3.63, 3.8) is 0 Å². The number of hydrogen-bond acceptors (Lipinski definition) is 6. The molecular weight excluding hydrogens is 350 g/mol. The molecule has 1 aliphatic rings. The van der Waals surface area contributed by atoms with E-state index in [-0.39, 0.29) is 11.9 Å². The van der Waals surface area contributed by atoms with E-state index >= 15 is 0 Å². The summed E-state index contributed by atoms with van der Waals surface area (Å²) in [6, 6.07) is 11.3. The zero-order chi connectivity index (χ0) is 18.2. The maximum atomic E-state index is 12.1. The molecule has 3 rings (SSSR count). The molecule has 138 valence electrons. The number of benzene rings is 1. The Morgan fingerprint density at radius 3 is 2.85 bits per heavy atom. The van der Waals surface area contributed by atoms with E-state index in [1.165, 1.54) is 0 Å². The lowest BCUT2D eigenvalue weighted by Gasteiger charge is -2.22. The molecule has 0 spiro atoms. The Hall–Kier alpha value is -2.25. The smallest absolute Gasteiger partial charge is 0.221 e. The summed E-state index contributed by atoms with van der Waals surface area (Å²) in [6.07, 6.45) is 2.19. The summed E-state index contributed by atoms with van der Waals surface area (Å²) >= 11 is 1.89. The van der Waals surface area contributed by atoms with E-state index in [2.05, 4.69) is 15.6 Å². The predicted molar refractivity (Wildman–Crippen MR) is 103 cm³/mol. The average molecular weight is 373 g/mol. The van der Waals surface area contributed by atoms with Crippen molar-refractivity contribution in [2.45, 2.75) is 19.0 Å². The molecule has 1 aliphatic heterocycles. The number of nitrogens with one attached hydrogen (secondary N) is 2. The minimum Gasteiger partial charge on any atom is -0.497 e. The van der Waals surface area contributed by atoms with Crippen molar-refractivity contribution in [1.29, 1.82) is 0 Å². The molecule has 7 heteroatoms. The number of ether oxygens (including phenoxy) is 2. The van der Waals surface area contributed by atoms with Crippen LogP contribution in [0.2, 0.25) is 0 Å². The molecule has 1 unspecified atom stereocenters. The number of thioether (sulfide) groups is 1. The molecule has 0 bridgehead atoms. The van der Waals surface area contributed by atoms with Crippen LogP contribution >= 0.6 is 11.8 Å². The Kier molecular flexibility index (Phi) is 6.74. The minimum atomic E-state index is 0.0550. The summed E-state index contributed by atoms with van der Waals surface area (Å²) in [6.45, 7) is 1.43. The highest BCUT2D eigenvalue weighted by Crippen LogP contribution is 2.22. The zero-order valence-electron chi connectivity index (χ0n) is 14.7. The Morgan fingerprint density at radius 1 is 1.31 bits per heavy atom. The van der Waals surface area contributed by atoms with Crippen molar-refractivity contribution in [3.05, 3.63) is 48.2 Å². The van der Waals surface area contributed by atoms with Crippen LogP contribution in [0, 0.1) is 0 Å². The van der Waals surface area contributed by atoms with Crippen molar-refractivity contribution in [2.24, 2.45) is 0 Å². The van der Waals surface area contributed by atoms with Gasteiger partial charge in [0.15, 0.2) is 0 Å². The first-order valence-corrected chi connectivity index (χ1v) is 9.73. The number of carbonyl (C=O) groups excluding carboxylic acids is 1. The van der Waals surface area contributed by atoms with Crippen LogP contribution in [-0.2, 0) is 11.3 Å². The first-order chi connectivity index (χ1) is 12.7. The van der Waals surface area contributed by atoms with E-state index in [9.17, 15) is 4.79 Å². The van der Waals surface area contributed by atoms with Crippen molar-refractivity contribution < 1.29 is 14.3 Å². The Bertz CT molecular complexity index is 718. The topological polar surface area (TPSA) is 72.5 Å². The van der Waals surface area contributed by atoms with Crippen LogP contribution in [0.4, 0.5) is 0 Å². The molecule has 2 N–H and O–H groups in total. The van der Waals surface area contributed by atoms with Gasteiger partial charge in [-0.05, 0) is 35.9 Å². The second-order valence-corrected chi connectivity index (χ2v) is 7.14. The molecule has 1 fully saturated rings. The predicted octanol–water partition coefficient (Wildman–Crippen LogP) is 2.59. The van der Waals surface area contributed by atoms with Gasteiger partial charge in [0, 0.05) is 49.3 Å². The second-order valence-electron chi connectivity index (χ2n) is 5.99. The highest BCUT2D eigenvalue weighted by Gasteiger charge is 2.16. The molecule has 26 heavy (non-hydrogen) atoms. The number of methoxy groups -OCH3 is 1. The molecule has 0 saturated carbocycles. The molecule has 6 nitrogen and oxygen atoms in total. The summed E-state index contributed by atoms with van der Waals surface area (Å²) in [5, 5.41) is 6.34. The lowest BCUT2D eigenvalue weighted by atomic mass is 10.2. The summed E-state index contributed by atoms with van der Waals surface area (Å²) in [7, 11) is 1.62. The van der Waals surface area contributed by atoms with E-state index in [0.717, 1.165) is 29.4 Å². The molecule has 2 heterocycles. The quantitative estimate of drug-likeness (QED) is 0.777. The van der Waals surface area contributed by atoms with Gasteiger partial charge in [-0.1, -0.05) is 0 Å². The molecule has 1 amide bonds. The lowest BCUT2D eigenvalue weighted by molar-refractivity contribution is -0.121. The highest BCUT2D eigenvalue weighted by atomic mass is 32.2. The largest absolute Gasteiger partial charge is 0.497 e. The number of aromatic nitrogens is 1. The average Bonchev–Trinajstić information content (AvgIpc) is 2.68. The van der Waals surface area contributed by atoms with Crippen molar-refractivity contribution in [2.75, 3.05) is 25.2 Å². The Morgan fingerprint density at radius 2 is 2.12 bits per heavy atom. The van der Waals surface area contributed by atoms with E-state index in [4.69, 9.17) is 9.47 Å². The van der Waals surface area contributed by atoms with Crippen LogP contribution in [0.3, 0.4) is 0 Å². The second kappa shape index (κ2) is 9.45. The van der Waals surface area contributed by atoms with Gasteiger partial charge < -0.3 is 20.1 Å². The zero-order valence-corrected chi connectivity index (χ0v) is 15.6. The van der Waals surface area contributed by atoms with Crippen LogP contribution in [-0.4, -0.2) is 42.1 Å². The Labute approximate surface area is 157 Å². The number of pyridine rings is 1. The number of rotatable bonds is 7. The fourth-order valence-electron chi connectivity index (χ4n) is 2.63. The SMILES string of the molecule is COc1ccc(Oc2cc(CNC(=O)CC3CSCCN3)ccn2)cc1. The van der Waals surface area contributed by atoms with E-state index < -0.39 is 0 Å². The van der Waals surface area contributed by atoms with Crippen LogP contribution < -0.4 is 20.1 Å². The third kappa shape index (κ3) is 5.64. The number of hydrogen-bond donors (Lipinski definition) is 2. The van der Waals surface area contributed by atoms with Gasteiger partial charge in [-0.3, -0.25) is 4.79 Å². The highest BCUT2D eigenvalue weighted by molar-refractivity contribution is 7.99. The van der Waals surface area contributed by atoms with Crippen LogP contribution in [0.5, 0.6) is 17.4 Å². The van der Waals surface area contributed by atoms with E-state index in [1.54, 1.807) is 13.3 Å². The third-order valence-electron chi connectivity index (χ3n) is 4.00. The molecule has 2 aromatic rings. The van der Waals surface area contributed by atoms with Gasteiger partial charge in [-0.25, -0.2) is 4.98 Å². The van der Waals surface area contributed by atoms with Crippen molar-refractivity contribution >= 4 is 17.7 Å². The fraction of sp³-hybridized carbons (Fsp3) is 0.368. The summed E-state index contributed by atoms with van der Waals surface area (Å²) in [5.74, 6) is 4.11. The maximum Gasteiger partial charge on any atom is 0.221 e. The summed E-state index contributed by atoms with van der Waals surface area (Å²) in [5.41, 5.74) is 0.947. The molecule has 0 radical (unpaired) electrons. The Balaban J connectivity index is 1.50. The molecule has 1 aromatic carbocycles.